The second-order valence-electron chi connectivity index (χ2n) is 7.95. The molecule has 0 saturated heterocycles. The average Bonchev–Trinajstić information content (AvgIpc) is 3.22. The third-order valence-corrected chi connectivity index (χ3v) is 4.20. The third-order valence-electron chi connectivity index (χ3n) is 4.20. The number of ether oxygens (including phenoxy) is 1. The number of anilines is 3. The first-order chi connectivity index (χ1) is 15.3. The first-order valence-corrected chi connectivity index (χ1v) is 10.1. The lowest BCUT2D eigenvalue weighted by Crippen LogP contribution is -2.19. The van der Waals surface area contributed by atoms with Crippen LogP contribution in [0.4, 0.5) is 22.2 Å². The SMILES string of the molecule is COCCNc1ncc(C#Cc2cccc(NC(=O)Nc3cc(C(C)(C)C)on3)c2)cn1. The molecule has 3 rings (SSSR count). The van der Waals surface area contributed by atoms with Gasteiger partial charge in [0.2, 0.25) is 5.95 Å². The summed E-state index contributed by atoms with van der Waals surface area (Å²) < 4.78 is 10.2. The fraction of sp³-hybridized carbons (Fsp3) is 0.304. The quantitative estimate of drug-likeness (QED) is 0.399. The van der Waals surface area contributed by atoms with Gasteiger partial charge in [-0.2, -0.15) is 0 Å². The van der Waals surface area contributed by atoms with Gasteiger partial charge in [0.1, 0.15) is 5.76 Å². The van der Waals surface area contributed by atoms with Gasteiger partial charge in [-0.15, -0.1) is 0 Å². The molecule has 0 saturated carbocycles. The molecule has 3 aromatic rings. The Morgan fingerprint density at radius 1 is 1.09 bits per heavy atom. The van der Waals surface area contributed by atoms with Crippen LogP contribution in [-0.4, -0.2) is 41.4 Å². The summed E-state index contributed by atoms with van der Waals surface area (Å²) in [6, 6.07) is 8.50. The minimum atomic E-state index is -0.422. The second-order valence-corrected chi connectivity index (χ2v) is 7.95. The highest BCUT2D eigenvalue weighted by Gasteiger charge is 2.20. The van der Waals surface area contributed by atoms with E-state index in [9.17, 15) is 4.79 Å². The number of amides is 2. The van der Waals surface area contributed by atoms with E-state index < -0.39 is 6.03 Å². The zero-order valence-corrected chi connectivity index (χ0v) is 18.5. The van der Waals surface area contributed by atoms with Gasteiger partial charge in [0.25, 0.3) is 0 Å². The molecule has 0 bridgehead atoms. The number of hydrogen-bond donors (Lipinski definition) is 3. The minimum Gasteiger partial charge on any atom is -0.383 e. The van der Waals surface area contributed by atoms with Crippen LogP contribution in [0.1, 0.15) is 37.7 Å². The monoisotopic (exact) mass is 434 g/mol. The average molecular weight is 435 g/mol. The predicted octanol–water partition coefficient (Wildman–Crippen LogP) is 3.86. The highest BCUT2D eigenvalue weighted by atomic mass is 16.5. The summed E-state index contributed by atoms with van der Waals surface area (Å²) in [6.07, 6.45) is 3.29. The van der Waals surface area contributed by atoms with Crippen LogP contribution >= 0.6 is 0 Å². The Bertz CT molecular complexity index is 1110. The largest absolute Gasteiger partial charge is 0.383 e. The van der Waals surface area contributed by atoms with Crippen molar-refractivity contribution in [1.29, 1.82) is 0 Å². The van der Waals surface area contributed by atoms with Gasteiger partial charge in [-0.1, -0.05) is 43.8 Å². The van der Waals surface area contributed by atoms with Crippen LogP contribution in [0.25, 0.3) is 0 Å². The summed E-state index contributed by atoms with van der Waals surface area (Å²) in [7, 11) is 1.64. The minimum absolute atomic E-state index is 0.192. The van der Waals surface area contributed by atoms with E-state index >= 15 is 0 Å². The van der Waals surface area contributed by atoms with E-state index in [1.807, 2.05) is 32.9 Å². The lowest BCUT2D eigenvalue weighted by atomic mass is 9.93. The molecule has 1 aromatic carbocycles. The number of rotatable bonds is 6. The normalized spacial score (nSPS) is 10.8. The number of nitrogens with one attached hydrogen (secondary N) is 3. The molecule has 0 aliphatic carbocycles. The maximum atomic E-state index is 12.3. The van der Waals surface area contributed by atoms with Gasteiger partial charge >= 0.3 is 6.03 Å². The van der Waals surface area contributed by atoms with Crippen LogP contribution in [0, 0.1) is 11.8 Å². The highest BCUT2D eigenvalue weighted by molar-refractivity contribution is 5.99. The van der Waals surface area contributed by atoms with Crippen molar-refractivity contribution in [2.24, 2.45) is 0 Å². The van der Waals surface area contributed by atoms with Gasteiger partial charge in [0, 0.05) is 48.8 Å². The van der Waals surface area contributed by atoms with E-state index in [4.69, 9.17) is 9.26 Å². The number of carbonyl (C=O) groups is 1. The summed E-state index contributed by atoms with van der Waals surface area (Å²) >= 11 is 0. The molecule has 0 fully saturated rings. The number of carbonyl (C=O) groups excluding carboxylic acids is 1. The van der Waals surface area contributed by atoms with Crippen molar-refractivity contribution in [3.63, 3.8) is 0 Å². The lowest BCUT2D eigenvalue weighted by Gasteiger charge is -2.12. The number of nitrogens with zero attached hydrogens (tertiary/aromatic N) is 3. The van der Waals surface area contributed by atoms with Crippen LogP contribution in [0.5, 0.6) is 0 Å². The molecule has 0 unspecified atom stereocenters. The molecule has 0 atom stereocenters. The Hall–Kier alpha value is -3.90. The molecule has 0 spiro atoms. The molecular formula is C23H26N6O3. The van der Waals surface area contributed by atoms with Gasteiger partial charge in [0.15, 0.2) is 5.82 Å². The molecule has 2 aromatic heterocycles. The van der Waals surface area contributed by atoms with Crippen molar-refractivity contribution in [2.75, 3.05) is 36.2 Å². The summed E-state index contributed by atoms with van der Waals surface area (Å²) in [6.45, 7) is 7.21. The molecule has 166 valence electrons. The molecule has 2 amide bonds. The number of urea groups is 1. The van der Waals surface area contributed by atoms with Gasteiger partial charge in [-0.3, -0.25) is 5.32 Å². The van der Waals surface area contributed by atoms with Crippen molar-refractivity contribution >= 4 is 23.5 Å². The van der Waals surface area contributed by atoms with Crippen LogP contribution in [-0.2, 0) is 10.2 Å². The van der Waals surface area contributed by atoms with Crippen molar-refractivity contribution in [1.82, 2.24) is 15.1 Å². The van der Waals surface area contributed by atoms with Gasteiger partial charge in [0.05, 0.1) is 12.2 Å². The predicted molar refractivity (Wildman–Crippen MR) is 123 cm³/mol. The Kier molecular flexibility index (Phi) is 7.41. The number of hydrogen-bond acceptors (Lipinski definition) is 7. The van der Waals surface area contributed by atoms with Crippen molar-refractivity contribution in [3.05, 3.63) is 59.6 Å². The van der Waals surface area contributed by atoms with E-state index in [1.54, 1.807) is 37.7 Å². The summed E-state index contributed by atoms with van der Waals surface area (Å²) in [5.41, 5.74) is 1.82. The Labute approximate surface area is 187 Å². The van der Waals surface area contributed by atoms with Crippen LogP contribution in [0.15, 0.2) is 47.2 Å². The maximum Gasteiger partial charge on any atom is 0.324 e. The zero-order valence-electron chi connectivity index (χ0n) is 18.5. The van der Waals surface area contributed by atoms with Crippen LogP contribution in [0.2, 0.25) is 0 Å². The molecule has 9 heteroatoms. The van der Waals surface area contributed by atoms with E-state index in [0.717, 1.165) is 5.56 Å². The molecule has 2 heterocycles. The first-order valence-electron chi connectivity index (χ1n) is 10.1. The first kappa shape index (κ1) is 22.8. The molecule has 32 heavy (non-hydrogen) atoms. The summed E-state index contributed by atoms with van der Waals surface area (Å²) in [4.78, 5) is 20.7. The summed E-state index contributed by atoms with van der Waals surface area (Å²) in [5, 5.41) is 12.4. The van der Waals surface area contributed by atoms with E-state index in [1.165, 1.54) is 0 Å². The van der Waals surface area contributed by atoms with Crippen LogP contribution in [0.3, 0.4) is 0 Å². The molecule has 9 nitrogen and oxygen atoms in total. The van der Waals surface area contributed by atoms with Crippen LogP contribution < -0.4 is 16.0 Å². The van der Waals surface area contributed by atoms with Gasteiger partial charge < -0.3 is 19.9 Å². The van der Waals surface area contributed by atoms with Gasteiger partial charge in [-0.25, -0.2) is 14.8 Å². The molecule has 0 radical (unpaired) electrons. The zero-order chi connectivity index (χ0) is 23.0. The molecular weight excluding hydrogens is 408 g/mol. The fourth-order valence-electron chi connectivity index (χ4n) is 2.53. The standard InChI is InChI=1S/C23H26N6O3/c1-23(2,3)19-13-20(29-32-19)28-22(30)27-18-7-5-6-16(12-18)8-9-17-14-25-21(26-15-17)24-10-11-31-4/h5-7,12-15H,10-11H2,1-4H3,(H,24,25,26)(H2,27,28,29,30). The highest BCUT2D eigenvalue weighted by Crippen LogP contribution is 2.24. The smallest absolute Gasteiger partial charge is 0.324 e. The Balaban J connectivity index is 1.58. The number of methoxy groups -OCH3 is 1. The Morgan fingerprint density at radius 2 is 1.84 bits per heavy atom. The van der Waals surface area contributed by atoms with Crippen molar-refractivity contribution < 1.29 is 14.1 Å². The molecule has 0 aliphatic rings. The van der Waals surface area contributed by atoms with Crippen molar-refractivity contribution in [2.45, 2.75) is 26.2 Å². The lowest BCUT2D eigenvalue weighted by molar-refractivity contribution is 0.210. The van der Waals surface area contributed by atoms with E-state index in [0.29, 0.717) is 41.9 Å². The fourth-order valence-corrected chi connectivity index (χ4v) is 2.53. The topological polar surface area (TPSA) is 114 Å². The number of benzene rings is 1. The Morgan fingerprint density at radius 3 is 2.53 bits per heavy atom. The third kappa shape index (κ3) is 6.82. The van der Waals surface area contributed by atoms with E-state index in [-0.39, 0.29) is 5.41 Å². The maximum absolute atomic E-state index is 12.3. The number of aromatic nitrogens is 3. The molecule has 3 N–H and O–H groups in total. The summed E-state index contributed by atoms with van der Waals surface area (Å²) in [5.74, 6) is 7.62. The van der Waals surface area contributed by atoms with E-state index in [2.05, 4.69) is 42.9 Å². The van der Waals surface area contributed by atoms with Gasteiger partial charge in [-0.05, 0) is 18.2 Å². The molecule has 0 aliphatic heterocycles. The van der Waals surface area contributed by atoms with Crippen molar-refractivity contribution in [3.8, 4) is 11.8 Å². The second kappa shape index (κ2) is 10.4.